The molecule has 20 heavy (non-hydrogen) atoms. The van der Waals surface area contributed by atoms with Crippen molar-refractivity contribution in [1.29, 1.82) is 0 Å². The van der Waals surface area contributed by atoms with Crippen LogP contribution in [0.25, 0.3) is 0 Å². The number of rotatable bonds is 9. The van der Waals surface area contributed by atoms with Crippen molar-refractivity contribution in [2.45, 2.75) is 45.4 Å². The molecule has 1 amide bonds. The molecule has 0 spiro atoms. The first-order valence-electron chi connectivity index (χ1n) is 7.63. The minimum atomic E-state index is 0.0826. The minimum Gasteiger partial charge on any atom is -0.466 e. The van der Waals surface area contributed by atoms with Crippen LogP contribution in [0.3, 0.4) is 0 Å². The summed E-state index contributed by atoms with van der Waals surface area (Å²) in [5, 5.41) is 2.90. The number of hydrogen-bond acceptors (Lipinski definition) is 3. The van der Waals surface area contributed by atoms with Crippen molar-refractivity contribution in [2.75, 3.05) is 19.8 Å². The van der Waals surface area contributed by atoms with Gasteiger partial charge in [-0.15, -0.1) is 0 Å². The first-order chi connectivity index (χ1) is 9.70. The molecule has 1 N–H and O–H groups in total. The summed E-state index contributed by atoms with van der Waals surface area (Å²) in [7, 11) is 0. The Morgan fingerprint density at radius 3 is 3.00 bits per heavy atom. The van der Waals surface area contributed by atoms with Gasteiger partial charge in [0.1, 0.15) is 11.5 Å². The molecule has 2 rings (SSSR count). The molecule has 0 unspecified atom stereocenters. The van der Waals surface area contributed by atoms with E-state index in [0.29, 0.717) is 31.9 Å². The lowest BCUT2D eigenvalue weighted by Crippen LogP contribution is -2.25. The zero-order chi connectivity index (χ0) is 14.4. The van der Waals surface area contributed by atoms with E-state index < -0.39 is 0 Å². The van der Waals surface area contributed by atoms with Gasteiger partial charge in [-0.25, -0.2) is 0 Å². The topological polar surface area (TPSA) is 51.5 Å². The molecular weight excluding hydrogens is 254 g/mol. The highest BCUT2D eigenvalue weighted by atomic mass is 16.5. The predicted octanol–water partition coefficient (Wildman–Crippen LogP) is 2.88. The van der Waals surface area contributed by atoms with Gasteiger partial charge in [-0.3, -0.25) is 4.79 Å². The Balaban J connectivity index is 1.59. The lowest BCUT2D eigenvalue weighted by atomic mass is 10.2. The second-order valence-electron chi connectivity index (χ2n) is 5.52. The smallest absolute Gasteiger partial charge is 0.220 e. The summed E-state index contributed by atoms with van der Waals surface area (Å²) in [6.45, 7) is 6.33. The molecule has 4 nitrogen and oxygen atoms in total. The second-order valence-corrected chi connectivity index (χ2v) is 5.52. The van der Waals surface area contributed by atoms with Gasteiger partial charge in [0.2, 0.25) is 5.91 Å². The third-order valence-electron chi connectivity index (χ3n) is 3.75. The average molecular weight is 279 g/mol. The van der Waals surface area contributed by atoms with Crippen LogP contribution in [0.5, 0.6) is 0 Å². The summed E-state index contributed by atoms with van der Waals surface area (Å²) in [5.74, 6) is 3.45. The minimum absolute atomic E-state index is 0.0826. The molecule has 1 saturated carbocycles. The molecule has 0 radical (unpaired) electrons. The van der Waals surface area contributed by atoms with Crippen LogP contribution in [-0.4, -0.2) is 25.7 Å². The Labute approximate surface area is 120 Å². The molecule has 4 heteroatoms. The van der Waals surface area contributed by atoms with E-state index in [1.165, 1.54) is 6.42 Å². The van der Waals surface area contributed by atoms with Crippen LogP contribution in [0, 0.1) is 5.92 Å². The maximum atomic E-state index is 11.7. The van der Waals surface area contributed by atoms with Crippen LogP contribution in [0.1, 0.15) is 50.5 Å². The zero-order valence-electron chi connectivity index (χ0n) is 12.5. The van der Waals surface area contributed by atoms with Gasteiger partial charge in [0.15, 0.2) is 0 Å². The van der Waals surface area contributed by atoms with Crippen molar-refractivity contribution in [3.8, 4) is 0 Å². The van der Waals surface area contributed by atoms with E-state index in [4.69, 9.17) is 9.15 Å². The van der Waals surface area contributed by atoms with Crippen molar-refractivity contribution in [2.24, 2.45) is 5.92 Å². The largest absolute Gasteiger partial charge is 0.466 e. The maximum absolute atomic E-state index is 11.7. The third kappa shape index (κ3) is 4.67. The van der Waals surface area contributed by atoms with E-state index in [9.17, 15) is 4.79 Å². The number of ether oxygens (including phenoxy) is 1. The molecule has 0 aliphatic heterocycles. The summed E-state index contributed by atoms with van der Waals surface area (Å²) in [6.07, 6.45) is 3.26. The van der Waals surface area contributed by atoms with E-state index in [2.05, 4.69) is 18.3 Å². The predicted molar refractivity (Wildman–Crippen MR) is 77.7 cm³/mol. The van der Waals surface area contributed by atoms with Crippen LogP contribution < -0.4 is 5.32 Å². The summed E-state index contributed by atoms with van der Waals surface area (Å²) in [5.41, 5.74) is 0. The number of hydrogen-bond donors (Lipinski definition) is 1. The molecule has 1 fully saturated rings. The van der Waals surface area contributed by atoms with Crippen molar-refractivity contribution in [3.63, 3.8) is 0 Å². The highest BCUT2D eigenvalue weighted by Crippen LogP contribution is 2.47. The fourth-order valence-electron chi connectivity index (χ4n) is 2.32. The number of aryl methyl sites for hydroxylation is 1. The van der Waals surface area contributed by atoms with Crippen molar-refractivity contribution in [3.05, 3.63) is 23.7 Å². The Kier molecular flexibility index (Phi) is 5.65. The SMILES string of the molecule is CCOCCCNC(=O)CCc1ccc([C@@H]2C[C@@H]2C)o1. The van der Waals surface area contributed by atoms with Crippen molar-refractivity contribution in [1.82, 2.24) is 5.32 Å². The van der Waals surface area contributed by atoms with Gasteiger partial charge in [0, 0.05) is 38.5 Å². The maximum Gasteiger partial charge on any atom is 0.220 e. The van der Waals surface area contributed by atoms with Gasteiger partial charge in [-0.2, -0.15) is 0 Å². The summed E-state index contributed by atoms with van der Waals surface area (Å²) in [4.78, 5) is 11.7. The van der Waals surface area contributed by atoms with E-state index in [0.717, 1.165) is 30.5 Å². The molecule has 1 aromatic rings. The zero-order valence-corrected chi connectivity index (χ0v) is 12.5. The lowest BCUT2D eigenvalue weighted by molar-refractivity contribution is -0.121. The highest BCUT2D eigenvalue weighted by molar-refractivity contribution is 5.76. The highest BCUT2D eigenvalue weighted by Gasteiger charge is 2.36. The van der Waals surface area contributed by atoms with Gasteiger partial charge in [-0.1, -0.05) is 6.92 Å². The molecule has 112 valence electrons. The quantitative estimate of drug-likeness (QED) is 0.707. The van der Waals surface area contributed by atoms with Crippen LogP contribution >= 0.6 is 0 Å². The molecular formula is C16H25NO3. The third-order valence-corrected chi connectivity index (χ3v) is 3.75. The molecule has 0 aromatic carbocycles. The lowest BCUT2D eigenvalue weighted by Gasteiger charge is -2.04. The van der Waals surface area contributed by atoms with Gasteiger partial charge in [-0.05, 0) is 37.8 Å². The van der Waals surface area contributed by atoms with Gasteiger partial charge in [0.05, 0.1) is 0 Å². The second kappa shape index (κ2) is 7.48. The van der Waals surface area contributed by atoms with Gasteiger partial charge < -0.3 is 14.5 Å². The van der Waals surface area contributed by atoms with Crippen molar-refractivity contribution < 1.29 is 13.9 Å². The van der Waals surface area contributed by atoms with E-state index >= 15 is 0 Å². The first kappa shape index (κ1) is 15.1. The average Bonchev–Trinajstić information content (AvgIpc) is 2.99. The number of carbonyl (C=O) groups excluding carboxylic acids is 1. The summed E-state index contributed by atoms with van der Waals surface area (Å²) >= 11 is 0. The normalized spacial score (nSPS) is 20.9. The van der Waals surface area contributed by atoms with E-state index in [1.54, 1.807) is 0 Å². The molecule has 1 heterocycles. The standard InChI is InChI=1S/C16H25NO3/c1-3-19-10-4-9-17-16(18)8-6-13-5-7-15(20-13)14-11-12(14)2/h5,7,12,14H,3-4,6,8-11H2,1-2H3,(H,17,18)/t12-,14+/m0/s1. The van der Waals surface area contributed by atoms with Crippen LogP contribution in [0.15, 0.2) is 16.5 Å². The fourth-order valence-corrected chi connectivity index (χ4v) is 2.32. The van der Waals surface area contributed by atoms with Crippen LogP contribution in [0.2, 0.25) is 0 Å². The van der Waals surface area contributed by atoms with Gasteiger partial charge in [0.25, 0.3) is 0 Å². The Morgan fingerprint density at radius 1 is 1.50 bits per heavy atom. The van der Waals surface area contributed by atoms with Crippen LogP contribution in [-0.2, 0) is 16.0 Å². The molecule has 1 aliphatic carbocycles. The Morgan fingerprint density at radius 2 is 2.30 bits per heavy atom. The molecule has 1 aromatic heterocycles. The molecule has 2 atom stereocenters. The monoisotopic (exact) mass is 279 g/mol. The van der Waals surface area contributed by atoms with E-state index in [-0.39, 0.29) is 5.91 Å². The van der Waals surface area contributed by atoms with E-state index in [1.807, 2.05) is 13.0 Å². The number of nitrogens with one attached hydrogen (secondary N) is 1. The molecule has 0 saturated heterocycles. The van der Waals surface area contributed by atoms with Crippen molar-refractivity contribution >= 4 is 5.91 Å². The molecule has 1 aliphatic rings. The molecule has 0 bridgehead atoms. The number of furan rings is 1. The number of amides is 1. The Bertz CT molecular complexity index is 427. The fraction of sp³-hybridized carbons (Fsp3) is 0.688. The van der Waals surface area contributed by atoms with Crippen LogP contribution in [0.4, 0.5) is 0 Å². The first-order valence-corrected chi connectivity index (χ1v) is 7.63. The Hall–Kier alpha value is -1.29. The summed E-state index contributed by atoms with van der Waals surface area (Å²) in [6, 6.07) is 4.06. The summed E-state index contributed by atoms with van der Waals surface area (Å²) < 4.78 is 11.0. The number of carbonyl (C=O) groups is 1. The van der Waals surface area contributed by atoms with Gasteiger partial charge >= 0.3 is 0 Å².